The zero-order valence-corrected chi connectivity index (χ0v) is 31.9. The molecule has 9 aromatic carbocycles. The van der Waals surface area contributed by atoms with E-state index in [0.29, 0.717) is 0 Å². The third kappa shape index (κ3) is 4.98. The minimum Gasteiger partial charge on any atom is -0.309 e. The van der Waals surface area contributed by atoms with Crippen LogP contribution in [0.15, 0.2) is 212 Å². The van der Waals surface area contributed by atoms with Crippen molar-refractivity contribution in [2.24, 2.45) is 0 Å². The minimum atomic E-state index is -0.715. The van der Waals surface area contributed by atoms with Crippen molar-refractivity contribution < 1.29 is 0 Å². The molecule has 0 saturated heterocycles. The first-order valence-electron chi connectivity index (χ1n) is 19.6. The van der Waals surface area contributed by atoms with Crippen LogP contribution in [0.1, 0.15) is 0 Å². The molecule has 0 aliphatic heterocycles. The summed E-state index contributed by atoms with van der Waals surface area (Å²) in [6.45, 7) is 0. The molecule has 12 aromatic rings. The fraction of sp³-hybridized carbons (Fsp3) is 0. The van der Waals surface area contributed by atoms with E-state index in [0.717, 1.165) is 11.4 Å². The quantitative estimate of drug-likeness (QED) is 0.166. The molecule has 0 amide bonds. The number of fused-ring (bicyclic) bond motifs is 9. The molecule has 57 heavy (non-hydrogen) atoms. The second kappa shape index (κ2) is 12.7. The Balaban J connectivity index is 1.19. The predicted molar refractivity (Wildman–Crippen MR) is 245 cm³/mol. The lowest BCUT2D eigenvalue weighted by Crippen LogP contribution is -1.95. The van der Waals surface area contributed by atoms with Gasteiger partial charge in [0.15, 0.2) is 0 Å². The molecule has 1 unspecified atom stereocenters. The molecule has 3 aromatic heterocycles. The molecule has 0 aliphatic carbocycles. The lowest BCUT2D eigenvalue weighted by molar-refractivity contribution is 1.17. The van der Waals surface area contributed by atoms with Gasteiger partial charge in [0.25, 0.3) is 0 Å². The Labute approximate surface area is 331 Å². The van der Waals surface area contributed by atoms with Crippen LogP contribution in [-0.2, 0) is 0 Å². The Morgan fingerprint density at radius 3 is 1.39 bits per heavy atom. The van der Waals surface area contributed by atoms with Crippen molar-refractivity contribution in [3.8, 4) is 38.9 Å². The second-order valence-electron chi connectivity index (χ2n) is 15.0. The van der Waals surface area contributed by atoms with Gasteiger partial charge < -0.3 is 9.13 Å². The van der Waals surface area contributed by atoms with Crippen molar-refractivity contribution in [2.75, 3.05) is 0 Å². The number of rotatable bonds is 5. The topological polar surface area (TPSA) is 9.86 Å². The lowest BCUT2D eigenvalue weighted by atomic mass is 10.0. The summed E-state index contributed by atoms with van der Waals surface area (Å²) < 4.78 is 4.94. The van der Waals surface area contributed by atoms with Crippen LogP contribution in [0.25, 0.3) is 104 Å². The Morgan fingerprint density at radius 1 is 0.263 bits per heavy atom. The lowest BCUT2D eigenvalue weighted by Gasteiger charge is -2.11. The van der Waals surface area contributed by atoms with E-state index >= 15 is 0 Å². The van der Waals surface area contributed by atoms with E-state index in [-0.39, 0.29) is 0 Å². The van der Waals surface area contributed by atoms with Crippen LogP contribution in [0, 0.1) is 0 Å². The van der Waals surface area contributed by atoms with E-state index in [9.17, 15) is 0 Å². The molecule has 1 atom stereocenters. The van der Waals surface area contributed by atoms with E-state index < -0.39 is 7.53 Å². The molecule has 0 radical (unpaired) electrons. The predicted octanol–water partition coefficient (Wildman–Crippen LogP) is 15.5. The summed E-state index contributed by atoms with van der Waals surface area (Å²) in [5.74, 6) is 0. The van der Waals surface area contributed by atoms with Crippen LogP contribution >= 0.6 is 7.53 Å². The largest absolute Gasteiger partial charge is 0.309 e. The van der Waals surface area contributed by atoms with Crippen LogP contribution in [0.3, 0.4) is 0 Å². The van der Waals surface area contributed by atoms with Gasteiger partial charge in [0.1, 0.15) is 0 Å². The van der Waals surface area contributed by atoms with Crippen molar-refractivity contribution in [3.05, 3.63) is 212 Å². The molecule has 0 fully saturated rings. The highest BCUT2D eigenvalue weighted by Crippen LogP contribution is 2.56. The fourth-order valence-electron chi connectivity index (χ4n) is 9.24. The average Bonchev–Trinajstić information content (AvgIpc) is 3.91. The van der Waals surface area contributed by atoms with E-state index in [4.69, 9.17) is 0 Å². The van der Waals surface area contributed by atoms with E-state index in [1.54, 1.807) is 0 Å². The normalized spacial score (nSPS) is 12.2. The van der Waals surface area contributed by atoms with Gasteiger partial charge in [-0.15, -0.1) is 0 Å². The Bertz CT molecular complexity index is 3480. The number of nitrogens with zero attached hydrogens (tertiary/aromatic N) is 2. The molecular weight excluding hydrogens is 708 g/mol. The van der Waals surface area contributed by atoms with Gasteiger partial charge >= 0.3 is 0 Å². The van der Waals surface area contributed by atoms with Crippen LogP contribution in [0.5, 0.6) is 0 Å². The van der Waals surface area contributed by atoms with Gasteiger partial charge in [-0.3, -0.25) is 0 Å². The van der Waals surface area contributed by atoms with Gasteiger partial charge in [0.05, 0.1) is 22.1 Å². The highest BCUT2D eigenvalue weighted by atomic mass is 31.1. The zero-order chi connectivity index (χ0) is 37.5. The van der Waals surface area contributed by atoms with Crippen molar-refractivity contribution in [3.63, 3.8) is 0 Å². The Kier molecular flexibility index (Phi) is 7.17. The smallest absolute Gasteiger partial charge is 0.0550 e. The molecule has 0 saturated carbocycles. The fourth-order valence-corrected chi connectivity index (χ4v) is 11.9. The maximum atomic E-state index is 2.52. The molecular formula is C54H35N2P. The van der Waals surface area contributed by atoms with E-state index in [1.807, 2.05) is 0 Å². The standard InChI is InChI=1S/C54H35N2P/c1-5-15-36(16-6-1)38-25-28-49-44(31-38)46-33-41(27-30-51(46)55(49)40-19-9-3-10-20-40)56-50-29-26-39(37-17-7-2-8-18-37)32-45(50)47-34-48-43-23-13-14-24-53(43)57(54(48)35-52(47)56)42-21-11-4-12-22-42/h1-35H. The zero-order valence-electron chi connectivity index (χ0n) is 31.0. The van der Waals surface area contributed by atoms with Crippen LogP contribution in [-0.4, -0.2) is 9.13 Å². The summed E-state index contributed by atoms with van der Waals surface area (Å²) in [4.78, 5) is 0. The third-order valence-corrected chi connectivity index (χ3v) is 14.3. The van der Waals surface area contributed by atoms with Crippen LogP contribution in [0.2, 0.25) is 0 Å². The third-order valence-electron chi connectivity index (χ3n) is 11.8. The molecule has 0 spiro atoms. The molecule has 3 heterocycles. The number of hydrogen-bond acceptors (Lipinski definition) is 0. The number of benzene rings is 9. The molecule has 3 heteroatoms. The van der Waals surface area contributed by atoms with Crippen LogP contribution < -0.4 is 0 Å². The molecule has 0 aliphatic rings. The second-order valence-corrected chi connectivity index (χ2v) is 17.1. The van der Waals surface area contributed by atoms with Crippen molar-refractivity contribution in [1.82, 2.24) is 9.13 Å². The highest BCUT2D eigenvalue weighted by Gasteiger charge is 2.21. The van der Waals surface area contributed by atoms with Gasteiger partial charge in [-0.1, -0.05) is 153 Å². The van der Waals surface area contributed by atoms with Gasteiger partial charge in [-0.2, -0.15) is 0 Å². The summed E-state index contributed by atoms with van der Waals surface area (Å²) in [5, 5.41) is 12.0. The van der Waals surface area contributed by atoms with Crippen LogP contribution in [0.4, 0.5) is 0 Å². The van der Waals surface area contributed by atoms with E-state index in [2.05, 4.69) is 221 Å². The molecule has 12 rings (SSSR count). The SMILES string of the molecule is c1ccc(-c2ccc3c(c2)c2cc(-n4c5ccc(-c6ccccc6)cc5c5cc6c7ccccc7p(-c7ccccc7)c6cc54)ccc2n3-c2ccccc2)cc1. The van der Waals surface area contributed by atoms with Gasteiger partial charge in [-0.25, -0.2) is 0 Å². The van der Waals surface area contributed by atoms with Gasteiger partial charge in [0.2, 0.25) is 0 Å². The molecule has 0 N–H and O–H groups in total. The summed E-state index contributed by atoms with van der Waals surface area (Å²) in [6.07, 6.45) is 0. The first kappa shape index (κ1) is 32.2. The number of aromatic nitrogens is 2. The summed E-state index contributed by atoms with van der Waals surface area (Å²) in [5.41, 5.74) is 12.1. The van der Waals surface area contributed by atoms with Crippen molar-refractivity contribution >= 4 is 72.2 Å². The number of para-hydroxylation sites is 1. The summed E-state index contributed by atoms with van der Waals surface area (Å²) in [6, 6.07) is 78.5. The van der Waals surface area contributed by atoms with Crippen molar-refractivity contribution in [1.29, 1.82) is 0 Å². The first-order valence-corrected chi connectivity index (χ1v) is 20.9. The van der Waals surface area contributed by atoms with Crippen molar-refractivity contribution in [2.45, 2.75) is 0 Å². The Morgan fingerprint density at radius 2 is 0.754 bits per heavy atom. The van der Waals surface area contributed by atoms with E-state index in [1.165, 1.54) is 92.2 Å². The molecule has 266 valence electrons. The minimum absolute atomic E-state index is 0.715. The summed E-state index contributed by atoms with van der Waals surface area (Å²) >= 11 is 0. The number of hydrogen-bond donors (Lipinski definition) is 0. The molecule has 0 bridgehead atoms. The first-order chi connectivity index (χ1) is 28.3. The highest BCUT2D eigenvalue weighted by molar-refractivity contribution is 7.67. The summed E-state index contributed by atoms with van der Waals surface area (Å²) in [7, 11) is -0.715. The van der Waals surface area contributed by atoms with Gasteiger partial charge in [0, 0.05) is 43.2 Å². The average molecular weight is 743 g/mol. The maximum Gasteiger partial charge on any atom is 0.0550 e. The Hall–Kier alpha value is -7.12. The maximum absolute atomic E-state index is 2.52. The van der Waals surface area contributed by atoms with Gasteiger partial charge in [-0.05, 0) is 105 Å². The monoisotopic (exact) mass is 742 g/mol. The molecule has 2 nitrogen and oxygen atoms in total.